The van der Waals surface area contributed by atoms with Crippen molar-refractivity contribution in [2.45, 2.75) is 25.3 Å². The molecule has 4 rings (SSSR count). The van der Waals surface area contributed by atoms with E-state index in [1.54, 1.807) is 4.90 Å². The lowest BCUT2D eigenvalue weighted by molar-refractivity contribution is -0.203. The Bertz CT molecular complexity index is 819. The smallest absolute Gasteiger partial charge is 0.330 e. The Morgan fingerprint density at radius 2 is 2.00 bits per heavy atom. The van der Waals surface area contributed by atoms with Crippen LogP contribution in [0, 0.1) is 5.92 Å². The Morgan fingerprint density at radius 3 is 2.61 bits per heavy atom. The molecule has 1 aromatic rings. The second-order valence-corrected chi connectivity index (χ2v) is 7.24. The number of rotatable bonds is 4. The van der Waals surface area contributed by atoms with Crippen molar-refractivity contribution in [1.29, 1.82) is 0 Å². The van der Waals surface area contributed by atoms with E-state index in [9.17, 15) is 22.8 Å². The summed E-state index contributed by atoms with van der Waals surface area (Å²) in [6.45, 7) is 2.85. The van der Waals surface area contributed by atoms with E-state index in [-0.39, 0.29) is 11.4 Å². The molecule has 1 saturated heterocycles. The molecule has 2 aliphatic heterocycles. The summed E-state index contributed by atoms with van der Waals surface area (Å²) < 4.78 is 39.8. The van der Waals surface area contributed by atoms with Crippen molar-refractivity contribution in [2.75, 3.05) is 42.7 Å². The number of halogens is 3. The van der Waals surface area contributed by atoms with Crippen molar-refractivity contribution in [2.24, 2.45) is 13.0 Å². The fourth-order valence-corrected chi connectivity index (χ4v) is 3.58. The highest BCUT2D eigenvalue weighted by atomic mass is 19.4. The van der Waals surface area contributed by atoms with Gasteiger partial charge in [0.25, 0.3) is 5.56 Å². The molecule has 3 aliphatic rings. The van der Waals surface area contributed by atoms with E-state index in [1.807, 2.05) is 4.90 Å². The summed E-state index contributed by atoms with van der Waals surface area (Å²) >= 11 is 0. The number of anilines is 2. The molecular formula is C16H21F3N6O3. The van der Waals surface area contributed by atoms with E-state index >= 15 is 0 Å². The van der Waals surface area contributed by atoms with Gasteiger partial charge in [-0.25, -0.2) is 9.48 Å². The SMILES string of the molecule is Cn1ncc2c(c1=O)N(CC1CC1)C(N1CCNCC1)N2OC(=O)C(F)(F)F. The van der Waals surface area contributed by atoms with Crippen LogP contribution in [-0.2, 0) is 16.7 Å². The predicted octanol–water partition coefficient (Wildman–Crippen LogP) is 0.0260. The fraction of sp³-hybridized carbons (Fsp3) is 0.688. The van der Waals surface area contributed by atoms with Crippen molar-refractivity contribution < 1.29 is 22.8 Å². The summed E-state index contributed by atoms with van der Waals surface area (Å²) in [7, 11) is 1.47. The first-order valence-corrected chi connectivity index (χ1v) is 9.13. The van der Waals surface area contributed by atoms with Crippen molar-refractivity contribution in [1.82, 2.24) is 20.0 Å². The van der Waals surface area contributed by atoms with E-state index < -0.39 is 24.0 Å². The number of alkyl halides is 3. The minimum absolute atomic E-state index is 0.0740. The Hall–Kier alpha value is -2.34. The molecule has 1 N–H and O–H groups in total. The summed E-state index contributed by atoms with van der Waals surface area (Å²) in [4.78, 5) is 32.8. The second kappa shape index (κ2) is 6.92. The highest BCUT2D eigenvalue weighted by Crippen LogP contribution is 2.42. The van der Waals surface area contributed by atoms with Gasteiger partial charge in [-0.05, 0) is 18.8 Å². The Kier molecular flexibility index (Phi) is 4.70. The van der Waals surface area contributed by atoms with E-state index in [0.29, 0.717) is 38.6 Å². The molecule has 0 amide bonds. The molecule has 9 nitrogen and oxygen atoms in total. The summed E-state index contributed by atoms with van der Waals surface area (Å²) in [5.74, 6) is -1.97. The molecule has 0 spiro atoms. The lowest BCUT2D eigenvalue weighted by Crippen LogP contribution is -2.61. The third kappa shape index (κ3) is 3.41. The average molecular weight is 402 g/mol. The van der Waals surface area contributed by atoms with Gasteiger partial charge in [0.1, 0.15) is 11.4 Å². The van der Waals surface area contributed by atoms with Gasteiger partial charge in [-0.15, -0.1) is 0 Å². The lowest BCUT2D eigenvalue weighted by atomic mass is 10.3. The molecule has 1 atom stereocenters. The van der Waals surface area contributed by atoms with Gasteiger partial charge in [0, 0.05) is 39.8 Å². The van der Waals surface area contributed by atoms with Gasteiger partial charge in [-0.2, -0.15) is 23.3 Å². The number of carbonyl (C=O) groups excluding carboxylic acids is 1. The Balaban J connectivity index is 1.77. The minimum Gasteiger partial charge on any atom is -0.330 e. The monoisotopic (exact) mass is 402 g/mol. The molecule has 0 bridgehead atoms. The quantitative estimate of drug-likeness (QED) is 0.755. The molecule has 2 fully saturated rings. The topological polar surface area (TPSA) is 82.9 Å². The summed E-state index contributed by atoms with van der Waals surface area (Å²) in [5.41, 5.74) is -0.156. The molecule has 1 saturated carbocycles. The molecule has 154 valence electrons. The summed E-state index contributed by atoms with van der Waals surface area (Å²) in [5, 5.41) is 7.99. The molecule has 0 radical (unpaired) electrons. The number of piperazine rings is 1. The lowest BCUT2D eigenvalue weighted by Gasteiger charge is -2.41. The number of nitrogens with one attached hydrogen (secondary N) is 1. The van der Waals surface area contributed by atoms with Gasteiger partial charge in [0.05, 0.1) is 6.20 Å². The molecule has 1 aliphatic carbocycles. The van der Waals surface area contributed by atoms with E-state index in [1.165, 1.54) is 13.2 Å². The first-order valence-electron chi connectivity index (χ1n) is 9.13. The number of carbonyl (C=O) groups is 1. The van der Waals surface area contributed by atoms with Crippen LogP contribution in [0.1, 0.15) is 12.8 Å². The number of aryl methyl sites for hydroxylation is 1. The van der Waals surface area contributed by atoms with Gasteiger partial charge in [0.15, 0.2) is 6.29 Å². The van der Waals surface area contributed by atoms with Crippen LogP contribution in [0.5, 0.6) is 0 Å². The fourth-order valence-electron chi connectivity index (χ4n) is 3.58. The molecule has 28 heavy (non-hydrogen) atoms. The van der Waals surface area contributed by atoms with Crippen LogP contribution in [0.25, 0.3) is 0 Å². The van der Waals surface area contributed by atoms with E-state index in [0.717, 1.165) is 22.6 Å². The molecule has 1 aromatic heterocycles. The van der Waals surface area contributed by atoms with Crippen LogP contribution in [0.4, 0.5) is 24.5 Å². The number of fused-ring (bicyclic) bond motifs is 1. The first kappa shape index (κ1) is 19.0. The van der Waals surface area contributed by atoms with Crippen molar-refractivity contribution in [3.05, 3.63) is 16.6 Å². The van der Waals surface area contributed by atoms with Crippen LogP contribution >= 0.6 is 0 Å². The van der Waals surface area contributed by atoms with Gasteiger partial charge in [-0.3, -0.25) is 9.69 Å². The second-order valence-electron chi connectivity index (χ2n) is 7.24. The zero-order chi connectivity index (χ0) is 20.1. The number of hydrogen-bond donors (Lipinski definition) is 1. The number of hydroxylamine groups is 1. The van der Waals surface area contributed by atoms with Crippen molar-refractivity contribution >= 4 is 17.3 Å². The van der Waals surface area contributed by atoms with Crippen LogP contribution in [0.2, 0.25) is 0 Å². The summed E-state index contributed by atoms with van der Waals surface area (Å²) in [6, 6.07) is 0. The zero-order valence-corrected chi connectivity index (χ0v) is 15.3. The van der Waals surface area contributed by atoms with Crippen LogP contribution in [0.15, 0.2) is 11.0 Å². The molecule has 0 aromatic carbocycles. The zero-order valence-electron chi connectivity index (χ0n) is 15.3. The normalized spacial score (nSPS) is 23.1. The van der Waals surface area contributed by atoms with Crippen LogP contribution < -0.4 is 20.8 Å². The number of aromatic nitrogens is 2. The maximum atomic E-state index is 12.9. The van der Waals surface area contributed by atoms with Gasteiger partial charge in [-0.1, -0.05) is 0 Å². The molecular weight excluding hydrogens is 381 g/mol. The maximum Gasteiger partial charge on any atom is 0.493 e. The Morgan fingerprint density at radius 1 is 1.32 bits per heavy atom. The van der Waals surface area contributed by atoms with Gasteiger partial charge < -0.3 is 15.1 Å². The average Bonchev–Trinajstić information content (AvgIpc) is 3.41. The highest BCUT2D eigenvalue weighted by Gasteiger charge is 2.50. The third-order valence-corrected chi connectivity index (χ3v) is 5.15. The molecule has 12 heteroatoms. The third-order valence-electron chi connectivity index (χ3n) is 5.15. The summed E-state index contributed by atoms with van der Waals surface area (Å²) in [6.07, 6.45) is -2.71. The van der Waals surface area contributed by atoms with Gasteiger partial charge in [0.2, 0.25) is 0 Å². The maximum absolute atomic E-state index is 12.9. The minimum atomic E-state index is -5.15. The van der Waals surface area contributed by atoms with Crippen LogP contribution in [-0.4, -0.2) is 65.8 Å². The first-order chi connectivity index (χ1) is 13.3. The van der Waals surface area contributed by atoms with Crippen molar-refractivity contribution in [3.63, 3.8) is 0 Å². The number of hydrogen-bond acceptors (Lipinski definition) is 8. The van der Waals surface area contributed by atoms with Crippen molar-refractivity contribution in [3.8, 4) is 0 Å². The van der Waals surface area contributed by atoms with Crippen LogP contribution in [0.3, 0.4) is 0 Å². The predicted molar refractivity (Wildman–Crippen MR) is 92.4 cm³/mol. The Labute approximate surface area is 158 Å². The highest BCUT2D eigenvalue weighted by molar-refractivity contribution is 5.80. The van der Waals surface area contributed by atoms with Gasteiger partial charge >= 0.3 is 12.1 Å². The standard InChI is InChI=1S/C16H21F3N6O3/c1-22-13(26)12-11(8-21-22)25(28-14(27)16(17,18)19)15(23-6-4-20-5-7-23)24(12)9-10-2-3-10/h8,10,15,20H,2-7,9H2,1H3. The van der Waals surface area contributed by atoms with E-state index in [2.05, 4.69) is 10.4 Å². The largest absolute Gasteiger partial charge is 0.493 e. The number of nitrogens with zero attached hydrogens (tertiary/aromatic N) is 5. The molecule has 1 unspecified atom stereocenters. The molecule has 3 heterocycles. The van der Waals surface area contributed by atoms with E-state index in [4.69, 9.17) is 4.84 Å².